The van der Waals surface area contributed by atoms with Gasteiger partial charge in [-0.25, -0.2) is 4.98 Å². The number of H-pyrrole nitrogens is 2. The maximum atomic E-state index is 4.98. The van der Waals surface area contributed by atoms with Crippen molar-refractivity contribution in [1.29, 1.82) is 0 Å². The van der Waals surface area contributed by atoms with E-state index in [2.05, 4.69) is 48.4 Å². The Labute approximate surface area is 180 Å². The highest BCUT2D eigenvalue weighted by molar-refractivity contribution is 5.95. The van der Waals surface area contributed by atoms with Gasteiger partial charge in [0.25, 0.3) is 0 Å². The molecule has 9 heteroatoms. The molecule has 0 unspecified atom stereocenters. The van der Waals surface area contributed by atoms with E-state index in [1.165, 1.54) is 0 Å². The molecule has 0 amide bonds. The van der Waals surface area contributed by atoms with Gasteiger partial charge in [-0.1, -0.05) is 0 Å². The molecular weight excluding hydrogens is 390 g/mol. The SMILES string of the molecule is CN1CCN(c2cncc3[nH]c(-c4n[nH]c5cnc(C6CCNCC6)cc45)nc23)CC1. The fourth-order valence-corrected chi connectivity index (χ4v) is 4.76. The topological polar surface area (TPSA) is 102 Å². The molecule has 2 fully saturated rings. The lowest BCUT2D eigenvalue weighted by Crippen LogP contribution is -2.44. The van der Waals surface area contributed by atoms with E-state index in [1.807, 2.05) is 18.6 Å². The standard InChI is InChI=1S/C22H27N9/c1-30-6-8-31(9-7-30)19-13-24-11-18-21(19)27-22(26-18)20-15-10-16(14-2-4-23-5-3-14)25-12-17(15)28-29-20/h10-14,23H,2-9H2,1H3,(H,26,27)(H,28,29). The summed E-state index contributed by atoms with van der Waals surface area (Å²) < 4.78 is 0. The van der Waals surface area contributed by atoms with Gasteiger partial charge >= 0.3 is 0 Å². The van der Waals surface area contributed by atoms with Crippen LogP contribution in [-0.4, -0.2) is 81.3 Å². The average molecular weight is 418 g/mol. The lowest BCUT2D eigenvalue weighted by atomic mass is 9.93. The predicted molar refractivity (Wildman–Crippen MR) is 121 cm³/mol. The van der Waals surface area contributed by atoms with E-state index >= 15 is 0 Å². The molecule has 6 heterocycles. The first-order valence-electron chi connectivity index (χ1n) is 11.1. The van der Waals surface area contributed by atoms with Crippen molar-refractivity contribution in [1.82, 2.24) is 40.3 Å². The first-order valence-corrected chi connectivity index (χ1v) is 11.1. The number of rotatable bonds is 3. The number of hydrogen-bond acceptors (Lipinski definition) is 7. The van der Waals surface area contributed by atoms with Crippen molar-refractivity contribution in [2.75, 3.05) is 51.2 Å². The minimum Gasteiger partial charge on any atom is -0.366 e. The first kappa shape index (κ1) is 18.7. The Morgan fingerprint density at radius 1 is 1.00 bits per heavy atom. The monoisotopic (exact) mass is 417 g/mol. The third-order valence-electron chi connectivity index (χ3n) is 6.67. The largest absolute Gasteiger partial charge is 0.366 e. The van der Waals surface area contributed by atoms with Gasteiger partial charge in [0.05, 0.1) is 35.3 Å². The molecule has 6 rings (SSSR count). The zero-order valence-electron chi connectivity index (χ0n) is 17.7. The van der Waals surface area contributed by atoms with Gasteiger partial charge in [-0.2, -0.15) is 5.10 Å². The smallest absolute Gasteiger partial charge is 0.159 e. The summed E-state index contributed by atoms with van der Waals surface area (Å²) in [6.07, 6.45) is 7.93. The van der Waals surface area contributed by atoms with Crippen LogP contribution in [0.15, 0.2) is 24.7 Å². The van der Waals surface area contributed by atoms with Crippen molar-refractivity contribution in [2.45, 2.75) is 18.8 Å². The van der Waals surface area contributed by atoms with Crippen LogP contribution in [-0.2, 0) is 0 Å². The molecule has 3 N–H and O–H groups in total. The van der Waals surface area contributed by atoms with Crippen LogP contribution in [0.4, 0.5) is 5.69 Å². The second kappa shape index (κ2) is 7.58. The Morgan fingerprint density at radius 3 is 2.68 bits per heavy atom. The number of nitrogens with zero attached hydrogens (tertiary/aromatic N) is 6. The number of anilines is 1. The van der Waals surface area contributed by atoms with Crippen molar-refractivity contribution in [3.8, 4) is 11.5 Å². The molecule has 4 aromatic heterocycles. The Balaban J connectivity index is 1.40. The number of hydrogen-bond donors (Lipinski definition) is 3. The second-order valence-corrected chi connectivity index (χ2v) is 8.68. The fourth-order valence-electron chi connectivity index (χ4n) is 4.76. The molecular formula is C22H27N9. The number of fused-ring (bicyclic) bond motifs is 2. The quantitative estimate of drug-likeness (QED) is 0.469. The fraction of sp³-hybridized carbons (Fsp3) is 0.455. The molecule has 160 valence electrons. The van der Waals surface area contributed by atoms with Gasteiger partial charge in [0, 0.05) is 43.2 Å². The molecule has 0 saturated carbocycles. The summed E-state index contributed by atoms with van der Waals surface area (Å²) in [6.45, 7) is 6.16. The van der Waals surface area contributed by atoms with Crippen LogP contribution in [0.25, 0.3) is 33.5 Å². The number of aromatic nitrogens is 6. The number of imidazole rings is 1. The Bertz CT molecular complexity index is 1210. The number of piperidine rings is 1. The summed E-state index contributed by atoms with van der Waals surface area (Å²) in [7, 11) is 2.17. The zero-order valence-corrected chi connectivity index (χ0v) is 17.7. The minimum atomic E-state index is 0.497. The highest BCUT2D eigenvalue weighted by Gasteiger charge is 2.22. The number of piperazine rings is 1. The first-order chi connectivity index (χ1) is 15.3. The molecule has 0 aliphatic carbocycles. The van der Waals surface area contributed by atoms with E-state index in [9.17, 15) is 0 Å². The second-order valence-electron chi connectivity index (χ2n) is 8.68. The Kier molecular flexibility index (Phi) is 4.57. The van der Waals surface area contributed by atoms with Gasteiger partial charge in [-0.05, 0) is 39.0 Å². The summed E-state index contributed by atoms with van der Waals surface area (Å²) in [6, 6.07) is 2.19. The van der Waals surface area contributed by atoms with Gasteiger partial charge in [-0.15, -0.1) is 0 Å². The van der Waals surface area contributed by atoms with E-state index in [-0.39, 0.29) is 0 Å². The van der Waals surface area contributed by atoms with Gasteiger partial charge in [0.1, 0.15) is 11.2 Å². The lowest BCUT2D eigenvalue weighted by Gasteiger charge is -2.33. The molecule has 9 nitrogen and oxygen atoms in total. The Hall–Kier alpha value is -3.04. The van der Waals surface area contributed by atoms with Crippen LogP contribution in [0, 0.1) is 0 Å². The van der Waals surface area contributed by atoms with Crippen LogP contribution in [0.3, 0.4) is 0 Å². The average Bonchev–Trinajstić information content (AvgIpc) is 3.43. The zero-order chi connectivity index (χ0) is 20.8. The van der Waals surface area contributed by atoms with Crippen molar-refractivity contribution >= 4 is 27.6 Å². The third kappa shape index (κ3) is 3.34. The van der Waals surface area contributed by atoms with E-state index in [4.69, 9.17) is 9.97 Å². The van der Waals surface area contributed by atoms with Crippen molar-refractivity contribution < 1.29 is 0 Å². The summed E-state index contributed by atoms with van der Waals surface area (Å²) in [4.78, 5) is 22.3. The van der Waals surface area contributed by atoms with Gasteiger partial charge in [0.15, 0.2) is 5.82 Å². The summed E-state index contributed by atoms with van der Waals surface area (Å²) in [5.74, 6) is 1.27. The predicted octanol–water partition coefficient (Wildman–Crippen LogP) is 2.11. The van der Waals surface area contributed by atoms with E-state index < -0.39 is 0 Å². The van der Waals surface area contributed by atoms with Crippen molar-refractivity contribution in [2.24, 2.45) is 0 Å². The third-order valence-corrected chi connectivity index (χ3v) is 6.67. The van der Waals surface area contributed by atoms with Crippen LogP contribution < -0.4 is 10.2 Å². The van der Waals surface area contributed by atoms with E-state index in [0.29, 0.717) is 5.92 Å². The molecule has 2 aliphatic rings. The summed E-state index contributed by atoms with van der Waals surface area (Å²) in [5.41, 5.74) is 5.91. The normalized spacial score (nSPS) is 18.9. The molecule has 0 atom stereocenters. The molecule has 0 spiro atoms. The van der Waals surface area contributed by atoms with E-state index in [0.717, 1.165) is 96.9 Å². The van der Waals surface area contributed by atoms with Crippen LogP contribution in [0.5, 0.6) is 0 Å². The van der Waals surface area contributed by atoms with Gasteiger partial charge in [0.2, 0.25) is 0 Å². The maximum Gasteiger partial charge on any atom is 0.159 e. The maximum absolute atomic E-state index is 4.98. The van der Waals surface area contributed by atoms with Gasteiger partial charge < -0.3 is 20.1 Å². The molecule has 2 aliphatic heterocycles. The highest BCUT2D eigenvalue weighted by atomic mass is 15.3. The van der Waals surface area contributed by atoms with Crippen LogP contribution >= 0.6 is 0 Å². The summed E-state index contributed by atoms with van der Waals surface area (Å²) >= 11 is 0. The molecule has 4 aromatic rings. The van der Waals surface area contributed by atoms with Crippen molar-refractivity contribution in [3.63, 3.8) is 0 Å². The highest BCUT2D eigenvalue weighted by Crippen LogP contribution is 2.32. The molecule has 31 heavy (non-hydrogen) atoms. The molecule has 0 aromatic carbocycles. The van der Waals surface area contributed by atoms with Crippen LogP contribution in [0.1, 0.15) is 24.5 Å². The summed E-state index contributed by atoms with van der Waals surface area (Å²) in [5, 5.41) is 12.2. The number of pyridine rings is 2. The minimum absolute atomic E-state index is 0.497. The lowest BCUT2D eigenvalue weighted by molar-refractivity contribution is 0.313. The molecule has 0 radical (unpaired) electrons. The number of nitrogens with one attached hydrogen (secondary N) is 3. The van der Waals surface area contributed by atoms with Crippen LogP contribution in [0.2, 0.25) is 0 Å². The number of likely N-dealkylation sites (N-methyl/N-ethyl adjacent to an activating group) is 1. The molecule has 0 bridgehead atoms. The Morgan fingerprint density at radius 2 is 1.84 bits per heavy atom. The van der Waals surface area contributed by atoms with Crippen molar-refractivity contribution in [3.05, 3.63) is 30.4 Å². The van der Waals surface area contributed by atoms with E-state index in [1.54, 1.807) is 0 Å². The molecule has 2 saturated heterocycles. The number of aromatic amines is 2. The van der Waals surface area contributed by atoms with Gasteiger partial charge in [-0.3, -0.25) is 15.1 Å².